The minimum atomic E-state index is 1.22. The molecule has 250 valence electrons. The fourth-order valence-corrected chi connectivity index (χ4v) is 8.91. The van der Waals surface area contributed by atoms with Crippen LogP contribution in [0.1, 0.15) is 0 Å². The van der Waals surface area contributed by atoms with Gasteiger partial charge in [-0.3, -0.25) is 0 Å². The molecule has 0 aliphatic rings. The van der Waals surface area contributed by atoms with Gasteiger partial charge in [0.1, 0.15) is 0 Å². The average Bonchev–Trinajstić information content (AvgIpc) is 3.25. The van der Waals surface area contributed by atoms with Crippen molar-refractivity contribution in [3.8, 4) is 44.5 Å². The first-order valence-corrected chi connectivity index (χ1v) is 18.8. The second-order valence-corrected chi connectivity index (χ2v) is 14.4. The normalized spacial score (nSPS) is 11.7. The molecule has 54 heavy (non-hydrogen) atoms. The van der Waals surface area contributed by atoms with Crippen molar-refractivity contribution in [2.75, 3.05) is 0 Å². The van der Waals surface area contributed by atoms with Crippen LogP contribution >= 0.6 is 0 Å². The summed E-state index contributed by atoms with van der Waals surface area (Å²) in [5.41, 5.74) is 10.0. The molecule has 0 aromatic heterocycles. The van der Waals surface area contributed by atoms with Crippen LogP contribution in [-0.4, -0.2) is 0 Å². The molecule has 11 rings (SSSR count). The van der Waals surface area contributed by atoms with Gasteiger partial charge in [-0.2, -0.15) is 0 Å². The molecule has 0 amide bonds. The lowest BCUT2D eigenvalue weighted by Crippen LogP contribution is -1.91. The third-order valence-electron chi connectivity index (χ3n) is 11.4. The topological polar surface area (TPSA) is 0 Å². The summed E-state index contributed by atoms with van der Waals surface area (Å²) in [5, 5.41) is 15.2. The monoisotopic (exact) mass is 682 g/mol. The lowest BCUT2D eigenvalue weighted by atomic mass is 9.84. The Morgan fingerprint density at radius 3 is 1.43 bits per heavy atom. The van der Waals surface area contributed by atoms with E-state index in [4.69, 9.17) is 0 Å². The van der Waals surface area contributed by atoms with Gasteiger partial charge in [0.25, 0.3) is 0 Å². The Labute approximate surface area is 314 Å². The zero-order chi connectivity index (χ0) is 35.6. The maximum Gasteiger partial charge on any atom is -0.00201 e. The van der Waals surface area contributed by atoms with E-state index in [0.717, 1.165) is 0 Å². The molecule has 0 atom stereocenters. The quantitative estimate of drug-likeness (QED) is 0.128. The molecule has 0 unspecified atom stereocenters. The van der Waals surface area contributed by atoms with E-state index in [1.165, 1.54) is 109 Å². The number of rotatable bonds is 4. The van der Waals surface area contributed by atoms with Crippen molar-refractivity contribution >= 4 is 64.6 Å². The molecule has 11 aromatic rings. The summed E-state index contributed by atoms with van der Waals surface area (Å²) in [5.74, 6) is 0. The molecule has 0 saturated heterocycles. The van der Waals surface area contributed by atoms with Gasteiger partial charge < -0.3 is 0 Å². The van der Waals surface area contributed by atoms with Gasteiger partial charge in [-0.15, -0.1) is 0 Å². The molecule has 0 N–H and O–H groups in total. The Kier molecular flexibility index (Phi) is 6.97. The molecule has 0 saturated carbocycles. The van der Waals surface area contributed by atoms with E-state index in [9.17, 15) is 0 Å². The largest absolute Gasteiger partial charge is 0.0616 e. The Morgan fingerprint density at radius 2 is 0.685 bits per heavy atom. The lowest BCUT2D eigenvalue weighted by Gasteiger charge is -2.19. The van der Waals surface area contributed by atoms with E-state index in [-0.39, 0.29) is 0 Å². The molecular weight excluding hydrogens is 649 g/mol. The Morgan fingerprint density at radius 1 is 0.185 bits per heavy atom. The maximum absolute atomic E-state index is 2.39. The Hall–Kier alpha value is -7.02. The molecular formula is C54H34. The number of hydrogen-bond donors (Lipinski definition) is 0. The van der Waals surface area contributed by atoms with Crippen LogP contribution in [0.25, 0.3) is 109 Å². The molecule has 0 radical (unpaired) electrons. The summed E-state index contributed by atoms with van der Waals surface area (Å²) in [4.78, 5) is 0. The summed E-state index contributed by atoms with van der Waals surface area (Å²) in [7, 11) is 0. The van der Waals surface area contributed by atoms with Crippen LogP contribution in [0.15, 0.2) is 206 Å². The van der Waals surface area contributed by atoms with E-state index in [2.05, 4.69) is 206 Å². The Bertz CT molecular complexity index is 3210. The van der Waals surface area contributed by atoms with Gasteiger partial charge in [-0.05, 0) is 133 Å². The van der Waals surface area contributed by atoms with Gasteiger partial charge in [0.15, 0.2) is 0 Å². The summed E-state index contributed by atoms with van der Waals surface area (Å²) in [6.45, 7) is 0. The predicted molar refractivity (Wildman–Crippen MR) is 233 cm³/mol. The van der Waals surface area contributed by atoms with Crippen LogP contribution in [0.2, 0.25) is 0 Å². The first kappa shape index (κ1) is 30.6. The molecule has 0 aliphatic carbocycles. The third kappa shape index (κ3) is 4.85. The van der Waals surface area contributed by atoms with Gasteiger partial charge in [-0.1, -0.05) is 182 Å². The van der Waals surface area contributed by atoms with Gasteiger partial charge >= 0.3 is 0 Å². The summed E-state index contributed by atoms with van der Waals surface area (Å²) in [6.07, 6.45) is 0. The number of hydrogen-bond acceptors (Lipinski definition) is 0. The molecule has 0 bridgehead atoms. The van der Waals surface area contributed by atoms with E-state index >= 15 is 0 Å². The third-order valence-corrected chi connectivity index (χ3v) is 11.4. The highest BCUT2D eigenvalue weighted by Gasteiger charge is 2.18. The minimum Gasteiger partial charge on any atom is -0.0616 e. The van der Waals surface area contributed by atoms with Crippen molar-refractivity contribution in [2.45, 2.75) is 0 Å². The van der Waals surface area contributed by atoms with Crippen LogP contribution in [-0.2, 0) is 0 Å². The van der Waals surface area contributed by atoms with Crippen LogP contribution < -0.4 is 0 Å². The lowest BCUT2D eigenvalue weighted by molar-refractivity contribution is 1.62. The van der Waals surface area contributed by atoms with Crippen LogP contribution in [0, 0.1) is 0 Å². The number of fused-ring (bicyclic) bond motifs is 7. The van der Waals surface area contributed by atoms with Crippen molar-refractivity contribution in [3.05, 3.63) is 206 Å². The van der Waals surface area contributed by atoms with Crippen molar-refractivity contribution in [3.63, 3.8) is 0 Å². The highest BCUT2D eigenvalue weighted by molar-refractivity contribution is 6.24. The summed E-state index contributed by atoms with van der Waals surface area (Å²) < 4.78 is 0. The summed E-state index contributed by atoms with van der Waals surface area (Å²) in [6, 6.07) is 76.1. The SMILES string of the molecule is c1cc(-c2ccc3ccc(-c4c5ccccc5c(-c5cccc6ccccc56)c5ccccc45)cc3c2)cc(-c2cc3ccccc3c3ccccc23)c1. The van der Waals surface area contributed by atoms with E-state index in [1.807, 2.05) is 0 Å². The maximum atomic E-state index is 2.39. The van der Waals surface area contributed by atoms with Crippen LogP contribution in [0.4, 0.5) is 0 Å². The Balaban J connectivity index is 1.08. The highest BCUT2D eigenvalue weighted by Crippen LogP contribution is 2.46. The van der Waals surface area contributed by atoms with Crippen molar-refractivity contribution in [1.82, 2.24) is 0 Å². The summed E-state index contributed by atoms with van der Waals surface area (Å²) >= 11 is 0. The number of benzene rings is 11. The van der Waals surface area contributed by atoms with E-state index in [1.54, 1.807) is 0 Å². The first-order chi connectivity index (χ1) is 26.8. The zero-order valence-corrected chi connectivity index (χ0v) is 29.6. The molecule has 0 aliphatic heterocycles. The fraction of sp³-hybridized carbons (Fsp3) is 0. The van der Waals surface area contributed by atoms with Gasteiger partial charge in [0.05, 0.1) is 0 Å². The zero-order valence-electron chi connectivity index (χ0n) is 29.6. The van der Waals surface area contributed by atoms with Crippen LogP contribution in [0.3, 0.4) is 0 Å². The van der Waals surface area contributed by atoms with Crippen molar-refractivity contribution in [2.24, 2.45) is 0 Å². The molecule has 0 nitrogen and oxygen atoms in total. The van der Waals surface area contributed by atoms with E-state index < -0.39 is 0 Å². The molecule has 0 fully saturated rings. The second-order valence-electron chi connectivity index (χ2n) is 14.4. The van der Waals surface area contributed by atoms with Gasteiger partial charge in [0.2, 0.25) is 0 Å². The average molecular weight is 683 g/mol. The first-order valence-electron chi connectivity index (χ1n) is 18.8. The molecule has 0 spiro atoms. The highest BCUT2D eigenvalue weighted by atomic mass is 14.2. The van der Waals surface area contributed by atoms with Crippen molar-refractivity contribution in [1.29, 1.82) is 0 Å². The molecule has 0 heterocycles. The second kappa shape index (κ2) is 12.3. The molecule has 0 heteroatoms. The molecule has 11 aromatic carbocycles. The van der Waals surface area contributed by atoms with Crippen molar-refractivity contribution < 1.29 is 0 Å². The minimum absolute atomic E-state index is 1.22. The van der Waals surface area contributed by atoms with Gasteiger partial charge in [-0.25, -0.2) is 0 Å². The predicted octanol–water partition coefficient (Wildman–Crippen LogP) is 15.3. The van der Waals surface area contributed by atoms with Gasteiger partial charge in [0, 0.05) is 0 Å². The smallest absolute Gasteiger partial charge is 0.00201 e. The standard InChI is InChI=1S/C54H34/c1-3-18-43-36(13-1)15-12-26-47(43)54-50-24-9-7-22-48(50)53(49-23-8-10-25-51(49)54)41-30-28-35-27-29-38(32-42(35)33-41)37-16-11-17-39(31-37)52-34-40-14-2-4-19-44(40)45-20-5-6-21-46(45)52/h1-34H. The van der Waals surface area contributed by atoms with E-state index in [0.29, 0.717) is 0 Å². The fourth-order valence-electron chi connectivity index (χ4n) is 8.91. The van der Waals surface area contributed by atoms with Crippen LogP contribution in [0.5, 0.6) is 0 Å².